The van der Waals surface area contributed by atoms with Crippen molar-refractivity contribution in [2.45, 2.75) is 18.6 Å². The van der Waals surface area contributed by atoms with Crippen LogP contribution in [-0.2, 0) is 11.3 Å². The van der Waals surface area contributed by atoms with Crippen LogP contribution in [-0.4, -0.2) is 30.5 Å². The molecule has 1 unspecified atom stereocenters. The predicted molar refractivity (Wildman–Crippen MR) is 66.2 cm³/mol. The molecule has 5 heteroatoms. The molecule has 1 fully saturated rings. The largest absolute Gasteiger partial charge is 0.386 e. The topological polar surface area (TPSA) is 41.5 Å². The van der Waals surface area contributed by atoms with Gasteiger partial charge in [0.15, 0.2) is 0 Å². The van der Waals surface area contributed by atoms with Gasteiger partial charge in [0.1, 0.15) is 11.4 Å². The predicted octanol–water partition coefficient (Wildman–Crippen LogP) is 1.83. The average Bonchev–Trinajstić information content (AvgIpc) is 2.72. The second-order valence-electron chi connectivity index (χ2n) is 4.34. The highest BCUT2D eigenvalue weighted by atomic mass is 79.9. The van der Waals surface area contributed by atoms with Gasteiger partial charge in [-0.2, -0.15) is 0 Å². The lowest BCUT2D eigenvalue weighted by molar-refractivity contribution is 0.0268. The zero-order valence-electron chi connectivity index (χ0n) is 9.38. The molecule has 17 heavy (non-hydrogen) atoms. The van der Waals surface area contributed by atoms with E-state index in [4.69, 9.17) is 4.74 Å². The van der Waals surface area contributed by atoms with Crippen molar-refractivity contribution in [2.24, 2.45) is 0 Å². The van der Waals surface area contributed by atoms with Gasteiger partial charge in [0.05, 0.1) is 11.1 Å². The molecule has 1 aliphatic heterocycles. The molecule has 2 rings (SSSR count). The maximum atomic E-state index is 13.2. The summed E-state index contributed by atoms with van der Waals surface area (Å²) in [5.41, 5.74) is 0.0623. The number of rotatable bonds is 4. The highest BCUT2D eigenvalue weighted by molar-refractivity contribution is 9.10. The van der Waals surface area contributed by atoms with Gasteiger partial charge in [-0.1, -0.05) is 12.1 Å². The first kappa shape index (κ1) is 13.0. The summed E-state index contributed by atoms with van der Waals surface area (Å²) in [6.45, 7) is 1.93. The Labute approximate surface area is 108 Å². The Balaban J connectivity index is 1.88. The Morgan fingerprint density at radius 1 is 1.53 bits per heavy atom. The molecule has 0 saturated carbocycles. The van der Waals surface area contributed by atoms with Crippen molar-refractivity contribution in [1.82, 2.24) is 5.32 Å². The van der Waals surface area contributed by atoms with Crippen LogP contribution in [0.2, 0.25) is 0 Å². The van der Waals surface area contributed by atoms with Crippen molar-refractivity contribution in [3.8, 4) is 0 Å². The van der Waals surface area contributed by atoms with Gasteiger partial charge in [-0.25, -0.2) is 4.39 Å². The van der Waals surface area contributed by atoms with Crippen LogP contribution < -0.4 is 5.32 Å². The Kier molecular flexibility index (Phi) is 4.14. The number of halogens is 2. The molecule has 0 spiro atoms. The summed E-state index contributed by atoms with van der Waals surface area (Å²) in [4.78, 5) is 0. The average molecular weight is 304 g/mol. The molecule has 2 N–H and O–H groups in total. The van der Waals surface area contributed by atoms with Gasteiger partial charge < -0.3 is 15.2 Å². The van der Waals surface area contributed by atoms with E-state index in [0.29, 0.717) is 37.2 Å². The first-order valence-corrected chi connectivity index (χ1v) is 6.34. The Morgan fingerprint density at radius 3 is 3.06 bits per heavy atom. The van der Waals surface area contributed by atoms with E-state index in [-0.39, 0.29) is 5.82 Å². The fraction of sp³-hybridized carbons (Fsp3) is 0.500. The molecule has 0 amide bonds. The van der Waals surface area contributed by atoms with Crippen molar-refractivity contribution >= 4 is 15.9 Å². The van der Waals surface area contributed by atoms with Crippen molar-refractivity contribution in [2.75, 3.05) is 19.8 Å². The molecular weight excluding hydrogens is 289 g/mol. The fourth-order valence-corrected chi connectivity index (χ4v) is 2.26. The summed E-state index contributed by atoms with van der Waals surface area (Å²) in [7, 11) is 0. The molecule has 3 nitrogen and oxygen atoms in total. The Hall–Kier alpha value is -0.490. The molecule has 1 atom stereocenters. The van der Waals surface area contributed by atoms with Gasteiger partial charge in [0, 0.05) is 26.1 Å². The third-order valence-corrected chi connectivity index (χ3v) is 3.77. The Morgan fingerprint density at radius 2 is 2.35 bits per heavy atom. The molecule has 94 valence electrons. The zero-order valence-corrected chi connectivity index (χ0v) is 11.0. The summed E-state index contributed by atoms with van der Waals surface area (Å²) in [6, 6.07) is 4.92. The molecular formula is C12H15BrFNO2. The van der Waals surface area contributed by atoms with Crippen LogP contribution in [0.4, 0.5) is 4.39 Å². The second kappa shape index (κ2) is 5.44. The van der Waals surface area contributed by atoms with E-state index in [1.54, 1.807) is 6.07 Å². The lowest BCUT2D eigenvalue weighted by Gasteiger charge is -2.20. The van der Waals surface area contributed by atoms with Crippen LogP contribution in [0.3, 0.4) is 0 Å². The van der Waals surface area contributed by atoms with Crippen molar-refractivity contribution in [3.05, 3.63) is 34.1 Å². The maximum absolute atomic E-state index is 13.2. The zero-order chi connectivity index (χ0) is 12.3. The molecule has 1 saturated heterocycles. The molecule has 0 aliphatic carbocycles. The van der Waals surface area contributed by atoms with E-state index in [1.165, 1.54) is 6.07 Å². The number of benzene rings is 1. The van der Waals surface area contributed by atoms with Crippen LogP contribution in [0.15, 0.2) is 22.7 Å². The summed E-state index contributed by atoms with van der Waals surface area (Å²) in [5, 5.41) is 13.1. The third-order valence-electron chi connectivity index (χ3n) is 2.88. The quantitative estimate of drug-likeness (QED) is 0.892. The molecule has 1 aromatic carbocycles. The standard InChI is InChI=1S/C12H15BrFNO2/c13-11-9(2-1-3-10(11)14)6-15-7-12(16)4-5-17-8-12/h1-3,15-16H,4-8H2. The van der Waals surface area contributed by atoms with Crippen LogP contribution in [0.25, 0.3) is 0 Å². The van der Waals surface area contributed by atoms with Crippen LogP contribution in [0, 0.1) is 5.82 Å². The molecule has 1 aromatic rings. The van der Waals surface area contributed by atoms with E-state index >= 15 is 0 Å². The molecule has 1 aliphatic rings. The van der Waals surface area contributed by atoms with E-state index in [1.807, 2.05) is 6.07 Å². The highest BCUT2D eigenvalue weighted by Gasteiger charge is 2.31. The number of aliphatic hydroxyl groups is 1. The van der Waals surface area contributed by atoms with Gasteiger partial charge >= 0.3 is 0 Å². The molecule has 0 radical (unpaired) electrons. The normalized spacial score (nSPS) is 24.2. The fourth-order valence-electron chi connectivity index (χ4n) is 1.85. The highest BCUT2D eigenvalue weighted by Crippen LogP contribution is 2.21. The van der Waals surface area contributed by atoms with Gasteiger partial charge in [-0.15, -0.1) is 0 Å². The van der Waals surface area contributed by atoms with Gasteiger partial charge in [-0.05, 0) is 27.6 Å². The van der Waals surface area contributed by atoms with E-state index in [0.717, 1.165) is 5.56 Å². The lowest BCUT2D eigenvalue weighted by Crippen LogP contribution is -2.40. The van der Waals surface area contributed by atoms with E-state index < -0.39 is 5.60 Å². The van der Waals surface area contributed by atoms with E-state index in [9.17, 15) is 9.50 Å². The molecule has 1 heterocycles. The SMILES string of the molecule is OC1(CNCc2cccc(F)c2Br)CCOC1. The summed E-state index contributed by atoms with van der Waals surface area (Å²) in [5.74, 6) is -0.271. The molecule has 0 bridgehead atoms. The number of nitrogens with one attached hydrogen (secondary N) is 1. The van der Waals surface area contributed by atoms with Crippen molar-refractivity contribution in [3.63, 3.8) is 0 Å². The number of hydrogen-bond acceptors (Lipinski definition) is 3. The Bertz CT molecular complexity index is 394. The summed E-state index contributed by atoms with van der Waals surface area (Å²) in [6.07, 6.45) is 0.643. The van der Waals surface area contributed by atoms with Crippen LogP contribution >= 0.6 is 15.9 Å². The number of hydrogen-bond donors (Lipinski definition) is 2. The van der Waals surface area contributed by atoms with Crippen LogP contribution in [0.5, 0.6) is 0 Å². The minimum absolute atomic E-state index is 0.271. The smallest absolute Gasteiger partial charge is 0.137 e. The van der Waals surface area contributed by atoms with E-state index in [2.05, 4.69) is 21.2 Å². The first-order chi connectivity index (χ1) is 8.11. The third kappa shape index (κ3) is 3.25. The lowest BCUT2D eigenvalue weighted by atomic mass is 10.0. The minimum Gasteiger partial charge on any atom is -0.386 e. The van der Waals surface area contributed by atoms with Crippen LogP contribution in [0.1, 0.15) is 12.0 Å². The first-order valence-electron chi connectivity index (χ1n) is 5.54. The van der Waals surface area contributed by atoms with Gasteiger partial charge in [0.25, 0.3) is 0 Å². The number of ether oxygens (including phenoxy) is 1. The maximum Gasteiger partial charge on any atom is 0.137 e. The monoisotopic (exact) mass is 303 g/mol. The van der Waals surface area contributed by atoms with Gasteiger partial charge in [-0.3, -0.25) is 0 Å². The summed E-state index contributed by atoms with van der Waals surface area (Å²) < 4.78 is 18.9. The second-order valence-corrected chi connectivity index (χ2v) is 5.14. The molecule has 0 aromatic heterocycles. The van der Waals surface area contributed by atoms with Crippen molar-refractivity contribution < 1.29 is 14.2 Å². The van der Waals surface area contributed by atoms with Gasteiger partial charge in [0.2, 0.25) is 0 Å². The minimum atomic E-state index is -0.778. The summed E-state index contributed by atoms with van der Waals surface area (Å²) >= 11 is 3.21. The van der Waals surface area contributed by atoms with Crippen molar-refractivity contribution in [1.29, 1.82) is 0 Å².